The van der Waals surface area contributed by atoms with Crippen molar-refractivity contribution in [1.82, 2.24) is 9.97 Å². The van der Waals surface area contributed by atoms with Gasteiger partial charge in [0, 0.05) is 23.5 Å². The minimum absolute atomic E-state index is 0.241. The van der Waals surface area contributed by atoms with Crippen molar-refractivity contribution in [2.24, 2.45) is 0 Å². The highest BCUT2D eigenvalue weighted by molar-refractivity contribution is 5.66. The predicted octanol–water partition coefficient (Wildman–Crippen LogP) is 5.22. The molecule has 144 valence electrons. The molecule has 1 unspecified atom stereocenters. The van der Waals surface area contributed by atoms with Gasteiger partial charge in [-0.3, -0.25) is 0 Å². The molecule has 1 atom stereocenters. The summed E-state index contributed by atoms with van der Waals surface area (Å²) >= 11 is 0. The van der Waals surface area contributed by atoms with Crippen molar-refractivity contribution in [1.29, 1.82) is 0 Å². The van der Waals surface area contributed by atoms with Crippen molar-refractivity contribution >= 4 is 6.08 Å². The lowest BCUT2D eigenvalue weighted by Crippen LogP contribution is -1.97. The molecule has 5 heteroatoms. The van der Waals surface area contributed by atoms with E-state index in [1.54, 1.807) is 18.5 Å². The molecular formula is C23H23FN2O2. The fourth-order valence-corrected chi connectivity index (χ4v) is 2.81. The van der Waals surface area contributed by atoms with Gasteiger partial charge in [-0.25, -0.2) is 14.4 Å². The second-order valence-electron chi connectivity index (χ2n) is 6.77. The second-order valence-corrected chi connectivity index (χ2v) is 6.77. The summed E-state index contributed by atoms with van der Waals surface area (Å²) in [6.07, 6.45) is 10.1. The van der Waals surface area contributed by atoms with Crippen LogP contribution in [0.4, 0.5) is 4.39 Å². The maximum Gasteiger partial charge on any atom is 0.165 e. The smallest absolute Gasteiger partial charge is 0.165 e. The number of unbranched alkanes of at least 4 members (excludes halogenated alkanes) is 1. The number of hydrogen-bond acceptors (Lipinski definition) is 4. The Bertz CT molecular complexity index is 936. The Hall–Kier alpha value is -3.05. The summed E-state index contributed by atoms with van der Waals surface area (Å²) in [5.74, 6) is -0.684. The van der Waals surface area contributed by atoms with E-state index in [1.807, 2.05) is 31.2 Å². The van der Waals surface area contributed by atoms with Gasteiger partial charge >= 0.3 is 0 Å². The van der Waals surface area contributed by atoms with Gasteiger partial charge in [0.1, 0.15) is 0 Å². The van der Waals surface area contributed by atoms with Gasteiger partial charge in [-0.15, -0.1) is 0 Å². The number of halogens is 1. The molecular weight excluding hydrogens is 355 g/mol. The van der Waals surface area contributed by atoms with Gasteiger partial charge < -0.3 is 10.2 Å². The monoisotopic (exact) mass is 378 g/mol. The maximum absolute atomic E-state index is 13.5. The third kappa shape index (κ3) is 5.24. The summed E-state index contributed by atoms with van der Waals surface area (Å²) in [5, 5.41) is 18.5. The van der Waals surface area contributed by atoms with Gasteiger partial charge in [0.2, 0.25) is 0 Å². The van der Waals surface area contributed by atoms with E-state index >= 15 is 0 Å². The number of hydrogen-bond donors (Lipinski definition) is 2. The average Bonchev–Trinajstić information content (AvgIpc) is 2.70. The number of rotatable bonds is 7. The molecule has 0 bridgehead atoms. The van der Waals surface area contributed by atoms with Gasteiger partial charge in [-0.1, -0.05) is 36.4 Å². The molecule has 28 heavy (non-hydrogen) atoms. The van der Waals surface area contributed by atoms with E-state index in [1.165, 1.54) is 12.1 Å². The summed E-state index contributed by atoms with van der Waals surface area (Å²) in [6.45, 7) is 1.81. The quantitative estimate of drug-likeness (QED) is 0.553. The Morgan fingerprint density at radius 2 is 1.68 bits per heavy atom. The number of aliphatic hydroxyl groups excluding tert-OH is 1. The van der Waals surface area contributed by atoms with Gasteiger partial charge in [0.15, 0.2) is 17.4 Å². The lowest BCUT2D eigenvalue weighted by Gasteiger charge is -2.05. The van der Waals surface area contributed by atoms with E-state index in [0.29, 0.717) is 11.4 Å². The number of allylic oxidation sites excluding steroid dienone is 1. The van der Waals surface area contributed by atoms with Crippen LogP contribution in [0.15, 0.2) is 60.9 Å². The summed E-state index contributed by atoms with van der Waals surface area (Å²) in [5.41, 5.74) is 3.49. The first kappa shape index (κ1) is 19.7. The van der Waals surface area contributed by atoms with E-state index in [2.05, 4.69) is 22.1 Å². The van der Waals surface area contributed by atoms with E-state index in [-0.39, 0.29) is 6.10 Å². The number of aliphatic hydroxyl groups is 1. The minimum Gasteiger partial charge on any atom is -0.505 e. The van der Waals surface area contributed by atoms with Crippen LogP contribution in [0.2, 0.25) is 0 Å². The van der Waals surface area contributed by atoms with Crippen LogP contribution in [-0.4, -0.2) is 26.3 Å². The van der Waals surface area contributed by atoms with Crippen molar-refractivity contribution in [3.8, 4) is 28.3 Å². The molecule has 2 aromatic carbocycles. The molecule has 0 fully saturated rings. The lowest BCUT2D eigenvalue weighted by atomic mass is 10.1. The number of aromatic hydroxyl groups is 1. The van der Waals surface area contributed by atoms with Crippen LogP contribution >= 0.6 is 0 Å². The van der Waals surface area contributed by atoms with E-state index in [4.69, 9.17) is 0 Å². The topological polar surface area (TPSA) is 66.2 Å². The first-order valence-corrected chi connectivity index (χ1v) is 9.29. The minimum atomic E-state index is -0.695. The van der Waals surface area contributed by atoms with E-state index < -0.39 is 11.6 Å². The number of aromatic nitrogens is 2. The molecule has 1 aromatic heterocycles. The SMILES string of the molecule is CC(O)CCCC=Cc1ccc(-c2cnc(-c3ccc(O)c(F)c3)nc2)cc1. The molecule has 0 saturated carbocycles. The Morgan fingerprint density at radius 3 is 2.32 bits per heavy atom. The zero-order valence-electron chi connectivity index (χ0n) is 15.7. The first-order chi connectivity index (χ1) is 13.5. The molecule has 3 aromatic rings. The van der Waals surface area contributed by atoms with E-state index in [9.17, 15) is 14.6 Å². The van der Waals surface area contributed by atoms with Gasteiger partial charge in [0.25, 0.3) is 0 Å². The Labute approximate surface area is 164 Å². The highest BCUT2D eigenvalue weighted by Crippen LogP contribution is 2.24. The highest BCUT2D eigenvalue weighted by Gasteiger charge is 2.07. The first-order valence-electron chi connectivity index (χ1n) is 9.29. The molecule has 0 spiro atoms. The maximum atomic E-state index is 13.5. The molecule has 0 aliphatic carbocycles. The van der Waals surface area contributed by atoms with Crippen LogP contribution in [0.5, 0.6) is 5.75 Å². The predicted molar refractivity (Wildman–Crippen MR) is 109 cm³/mol. The highest BCUT2D eigenvalue weighted by atomic mass is 19.1. The van der Waals surface area contributed by atoms with Gasteiger partial charge in [0.05, 0.1) is 6.10 Å². The standard InChI is InChI=1S/C23H23FN2O2/c1-16(27)5-3-2-4-6-17-7-9-18(10-8-17)20-14-25-23(26-15-20)19-11-12-22(28)21(24)13-19/h4,6-16,27-28H,2-3,5H2,1H3. The van der Waals surface area contributed by atoms with Crippen molar-refractivity contribution in [2.75, 3.05) is 0 Å². The summed E-state index contributed by atoms with van der Waals surface area (Å²) in [7, 11) is 0. The Kier molecular flexibility index (Phi) is 6.50. The molecule has 3 rings (SSSR count). The van der Waals surface area contributed by atoms with Crippen LogP contribution < -0.4 is 0 Å². The summed E-state index contributed by atoms with van der Waals surface area (Å²) in [6, 6.07) is 12.2. The number of phenolic OH excluding ortho intramolecular Hbond substituents is 1. The molecule has 0 radical (unpaired) electrons. The fourth-order valence-electron chi connectivity index (χ4n) is 2.81. The molecule has 1 heterocycles. The third-order valence-corrected chi connectivity index (χ3v) is 4.40. The van der Waals surface area contributed by atoms with Crippen LogP contribution in [0.25, 0.3) is 28.6 Å². The third-order valence-electron chi connectivity index (χ3n) is 4.40. The number of benzene rings is 2. The van der Waals surface area contributed by atoms with E-state index in [0.717, 1.165) is 36.0 Å². The lowest BCUT2D eigenvalue weighted by molar-refractivity contribution is 0.182. The van der Waals surface area contributed by atoms with Crippen molar-refractivity contribution < 1.29 is 14.6 Å². The number of nitrogens with zero attached hydrogens (tertiary/aromatic N) is 2. The van der Waals surface area contributed by atoms with Crippen LogP contribution in [0.3, 0.4) is 0 Å². The zero-order valence-corrected chi connectivity index (χ0v) is 15.7. The van der Waals surface area contributed by atoms with Gasteiger partial charge in [-0.2, -0.15) is 0 Å². The van der Waals surface area contributed by atoms with Crippen molar-refractivity contribution in [2.45, 2.75) is 32.3 Å². The normalized spacial score (nSPS) is 12.4. The molecule has 0 amide bonds. The van der Waals surface area contributed by atoms with Crippen LogP contribution in [0.1, 0.15) is 31.7 Å². The molecule has 4 nitrogen and oxygen atoms in total. The van der Waals surface area contributed by atoms with Gasteiger partial charge in [-0.05, 0) is 55.5 Å². The second kappa shape index (κ2) is 9.24. The largest absolute Gasteiger partial charge is 0.505 e. The Morgan fingerprint density at radius 1 is 1.00 bits per heavy atom. The fraction of sp³-hybridized carbons (Fsp3) is 0.217. The van der Waals surface area contributed by atoms with Crippen molar-refractivity contribution in [3.63, 3.8) is 0 Å². The Balaban J connectivity index is 1.65. The number of phenols is 1. The van der Waals surface area contributed by atoms with Crippen LogP contribution in [0, 0.1) is 5.82 Å². The van der Waals surface area contributed by atoms with Crippen molar-refractivity contribution in [3.05, 3.63) is 72.3 Å². The molecule has 0 aliphatic rings. The summed E-state index contributed by atoms with van der Waals surface area (Å²) < 4.78 is 13.5. The molecule has 2 N–H and O–H groups in total. The average molecular weight is 378 g/mol. The van der Waals surface area contributed by atoms with Crippen LogP contribution in [-0.2, 0) is 0 Å². The zero-order chi connectivity index (χ0) is 19.9. The molecule has 0 aliphatic heterocycles. The molecule has 0 saturated heterocycles. The summed E-state index contributed by atoms with van der Waals surface area (Å²) in [4.78, 5) is 8.62.